The van der Waals surface area contributed by atoms with Crippen LogP contribution in [0.25, 0.3) is 0 Å². The van der Waals surface area contributed by atoms with Crippen molar-refractivity contribution in [2.45, 2.75) is 0 Å². The number of carbonyl (C=O) groups is 1. The van der Waals surface area contributed by atoms with Gasteiger partial charge >= 0.3 is 0 Å². The summed E-state index contributed by atoms with van der Waals surface area (Å²) in [6, 6.07) is 1.60. The van der Waals surface area contributed by atoms with E-state index in [0.717, 1.165) is 12.1 Å². The molecule has 0 radical (unpaired) electrons. The highest BCUT2D eigenvalue weighted by atomic mass is 19.1. The van der Waals surface area contributed by atoms with Crippen LogP contribution in [0.5, 0.6) is 5.75 Å². The van der Waals surface area contributed by atoms with Crippen LogP contribution >= 0.6 is 0 Å². The van der Waals surface area contributed by atoms with Gasteiger partial charge in [0.2, 0.25) is 0 Å². The Kier molecular flexibility index (Phi) is 3.43. The number of nitrogens with two attached hydrogens (primary N) is 1. The largest absolute Gasteiger partial charge is 0.481 e. The summed E-state index contributed by atoms with van der Waals surface area (Å²) in [6.07, 6.45) is 0. The lowest BCUT2D eigenvalue weighted by atomic mass is 10.3. The Bertz CT molecular complexity index is 383. The zero-order chi connectivity index (χ0) is 11.4. The van der Waals surface area contributed by atoms with Crippen LogP contribution < -0.4 is 15.8 Å². The molecule has 0 atom stereocenters. The third-order valence-electron chi connectivity index (χ3n) is 1.69. The minimum Gasteiger partial charge on any atom is -0.481 e. The SMILES string of the molecule is CNC(=O)COc1cc(F)c(N)cc1F. The molecular weight excluding hydrogens is 206 g/mol. The molecule has 0 heterocycles. The Balaban J connectivity index is 2.77. The molecule has 0 saturated heterocycles. The lowest BCUT2D eigenvalue weighted by Gasteiger charge is -2.07. The second-order valence-corrected chi connectivity index (χ2v) is 2.77. The maximum atomic E-state index is 13.1. The van der Waals surface area contributed by atoms with E-state index in [1.54, 1.807) is 0 Å². The lowest BCUT2D eigenvalue weighted by molar-refractivity contribution is -0.122. The van der Waals surface area contributed by atoms with Gasteiger partial charge in [-0.15, -0.1) is 0 Å². The number of anilines is 1. The van der Waals surface area contributed by atoms with Gasteiger partial charge < -0.3 is 15.8 Å². The van der Waals surface area contributed by atoms with Crippen molar-refractivity contribution >= 4 is 11.6 Å². The van der Waals surface area contributed by atoms with E-state index >= 15 is 0 Å². The number of rotatable bonds is 3. The van der Waals surface area contributed by atoms with Crippen molar-refractivity contribution in [1.82, 2.24) is 5.32 Å². The van der Waals surface area contributed by atoms with E-state index in [4.69, 9.17) is 10.5 Å². The Morgan fingerprint density at radius 2 is 2.13 bits per heavy atom. The Labute approximate surface area is 85.0 Å². The number of nitrogens with one attached hydrogen (secondary N) is 1. The molecule has 15 heavy (non-hydrogen) atoms. The maximum absolute atomic E-state index is 13.1. The van der Waals surface area contributed by atoms with Crippen molar-refractivity contribution in [1.29, 1.82) is 0 Å². The number of benzene rings is 1. The molecule has 0 bridgehead atoms. The fourth-order valence-corrected chi connectivity index (χ4v) is 0.870. The highest BCUT2D eigenvalue weighted by Gasteiger charge is 2.10. The molecule has 3 N–H and O–H groups in total. The van der Waals surface area contributed by atoms with Gasteiger partial charge in [-0.2, -0.15) is 0 Å². The summed E-state index contributed by atoms with van der Waals surface area (Å²) in [6.45, 7) is -0.378. The van der Waals surface area contributed by atoms with Crippen molar-refractivity contribution in [3.05, 3.63) is 23.8 Å². The first kappa shape index (κ1) is 11.2. The van der Waals surface area contributed by atoms with Crippen LogP contribution in [-0.4, -0.2) is 19.6 Å². The second-order valence-electron chi connectivity index (χ2n) is 2.77. The van der Waals surface area contributed by atoms with Crippen LogP contribution in [0.4, 0.5) is 14.5 Å². The number of halogens is 2. The quantitative estimate of drug-likeness (QED) is 0.730. The van der Waals surface area contributed by atoms with Gasteiger partial charge in [-0.3, -0.25) is 4.79 Å². The summed E-state index contributed by atoms with van der Waals surface area (Å²) in [5.74, 6) is -2.38. The molecule has 4 nitrogen and oxygen atoms in total. The molecular formula is C9H10F2N2O2. The molecule has 0 aliphatic rings. The van der Waals surface area contributed by atoms with Crippen LogP contribution in [0.2, 0.25) is 0 Å². The summed E-state index contributed by atoms with van der Waals surface area (Å²) in [7, 11) is 1.41. The summed E-state index contributed by atoms with van der Waals surface area (Å²) in [5.41, 5.74) is 4.82. The molecule has 0 fully saturated rings. The summed E-state index contributed by atoms with van der Waals surface area (Å²) in [5, 5.41) is 2.28. The molecule has 0 unspecified atom stereocenters. The van der Waals surface area contributed by atoms with Gasteiger partial charge in [-0.25, -0.2) is 8.78 Å². The second kappa shape index (κ2) is 4.59. The van der Waals surface area contributed by atoms with Gasteiger partial charge in [0.1, 0.15) is 5.82 Å². The molecule has 0 aliphatic carbocycles. The van der Waals surface area contributed by atoms with Gasteiger partial charge in [0.15, 0.2) is 18.2 Å². The van der Waals surface area contributed by atoms with E-state index in [1.165, 1.54) is 7.05 Å². The minimum atomic E-state index is -0.808. The van der Waals surface area contributed by atoms with Crippen molar-refractivity contribution in [2.24, 2.45) is 0 Å². The fraction of sp³-hybridized carbons (Fsp3) is 0.222. The first-order valence-electron chi connectivity index (χ1n) is 4.12. The molecule has 1 rings (SSSR count). The molecule has 0 spiro atoms. The molecule has 0 saturated carbocycles. The summed E-state index contributed by atoms with van der Waals surface area (Å²) < 4.78 is 30.7. The van der Waals surface area contributed by atoms with E-state index in [0.29, 0.717) is 0 Å². The van der Waals surface area contributed by atoms with E-state index in [1.807, 2.05) is 0 Å². The Morgan fingerprint density at radius 3 is 2.73 bits per heavy atom. The highest BCUT2D eigenvalue weighted by molar-refractivity contribution is 5.77. The number of nitrogen functional groups attached to an aromatic ring is 1. The van der Waals surface area contributed by atoms with E-state index in [-0.39, 0.29) is 18.0 Å². The van der Waals surface area contributed by atoms with Crippen LogP contribution in [0.1, 0.15) is 0 Å². The topological polar surface area (TPSA) is 64.3 Å². The van der Waals surface area contributed by atoms with Crippen molar-refractivity contribution in [3.8, 4) is 5.75 Å². The Morgan fingerprint density at radius 1 is 1.47 bits per heavy atom. The molecule has 6 heteroatoms. The molecule has 1 aromatic rings. The van der Waals surface area contributed by atoms with E-state index in [2.05, 4.69) is 5.32 Å². The van der Waals surface area contributed by atoms with Gasteiger partial charge in [-0.05, 0) is 0 Å². The number of carbonyl (C=O) groups excluding carboxylic acids is 1. The number of likely N-dealkylation sites (N-methyl/N-ethyl adjacent to an activating group) is 1. The monoisotopic (exact) mass is 216 g/mol. The number of hydrogen-bond donors (Lipinski definition) is 2. The zero-order valence-corrected chi connectivity index (χ0v) is 8.01. The predicted octanol–water partition coefficient (Wildman–Crippen LogP) is 0.672. The summed E-state index contributed by atoms with van der Waals surface area (Å²) in [4.78, 5) is 10.8. The normalized spacial score (nSPS) is 9.80. The van der Waals surface area contributed by atoms with Crippen LogP contribution in [0.15, 0.2) is 12.1 Å². The van der Waals surface area contributed by atoms with Gasteiger partial charge in [0, 0.05) is 19.2 Å². The molecule has 1 amide bonds. The van der Waals surface area contributed by atoms with Gasteiger partial charge in [0.25, 0.3) is 5.91 Å². The minimum absolute atomic E-state index is 0.306. The van der Waals surface area contributed by atoms with Gasteiger partial charge in [-0.1, -0.05) is 0 Å². The van der Waals surface area contributed by atoms with E-state index < -0.39 is 17.5 Å². The molecule has 0 aromatic heterocycles. The Hall–Kier alpha value is -1.85. The third kappa shape index (κ3) is 2.80. The lowest BCUT2D eigenvalue weighted by Crippen LogP contribution is -2.25. The summed E-state index contributed by atoms with van der Waals surface area (Å²) >= 11 is 0. The molecule has 82 valence electrons. The van der Waals surface area contributed by atoms with Crippen LogP contribution in [0.3, 0.4) is 0 Å². The van der Waals surface area contributed by atoms with Crippen molar-refractivity contribution in [2.75, 3.05) is 19.4 Å². The fourth-order valence-electron chi connectivity index (χ4n) is 0.870. The van der Waals surface area contributed by atoms with Crippen molar-refractivity contribution in [3.63, 3.8) is 0 Å². The zero-order valence-electron chi connectivity index (χ0n) is 8.01. The smallest absolute Gasteiger partial charge is 0.257 e. The average Bonchev–Trinajstić information content (AvgIpc) is 2.21. The average molecular weight is 216 g/mol. The number of amides is 1. The standard InChI is InChI=1S/C9H10F2N2O2/c1-13-9(14)4-15-8-3-5(10)7(12)2-6(8)11/h2-3H,4,12H2,1H3,(H,13,14). The van der Waals surface area contributed by atoms with E-state index in [9.17, 15) is 13.6 Å². The first-order chi connectivity index (χ1) is 7.04. The van der Waals surface area contributed by atoms with Gasteiger partial charge in [0.05, 0.1) is 5.69 Å². The van der Waals surface area contributed by atoms with Crippen molar-refractivity contribution < 1.29 is 18.3 Å². The number of ether oxygens (including phenoxy) is 1. The predicted molar refractivity (Wildman–Crippen MR) is 50.3 cm³/mol. The number of hydrogen-bond acceptors (Lipinski definition) is 3. The van der Waals surface area contributed by atoms with Crippen LogP contribution in [0, 0.1) is 11.6 Å². The highest BCUT2D eigenvalue weighted by Crippen LogP contribution is 2.22. The third-order valence-corrected chi connectivity index (χ3v) is 1.69. The molecule has 1 aromatic carbocycles. The maximum Gasteiger partial charge on any atom is 0.257 e. The first-order valence-corrected chi connectivity index (χ1v) is 4.12. The van der Waals surface area contributed by atoms with Crippen LogP contribution in [-0.2, 0) is 4.79 Å². The molecule has 0 aliphatic heterocycles.